The molecule has 0 heterocycles. The molecule has 3 aromatic rings. The largest absolute Gasteiger partial charge is 0.497 e. The Hall–Kier alpha value is -3.37. The molecule has 0 fully saturated rings. The first-order chi connectivity index (χ1) is 19.1. The maximum absolute atomic E-state index is 14.0. The van der Waals surface area contributed by atoms with Crippen LogP contribution in [0.25, 0.3) is 0 Å². The quantitative estimate of drug-likeness (QED) is 0.259. The van der Waals surface area contributed by atoms with E-state index in [4.69, 9.17) is 4.74 Å². The number of carbonyl (C=O) groups is 2. The zero-order chi connectivity index (χ0) is 29.3. The van der Waals surface area contributed by atoms with E-state index >= 15 is 0 Å². The van der Waals surface area contributed by atoms with Crippen LogP contribution in [0.15, 0.2) is 82.2 Å². The molecule has 0 saturated carbocycles. The fourth-order valence-corrected chi connectivity index (χ4v) is 5.88. The van der Waals surface area contributed by atoms with Crippen molar-refractivity contribution in [2.45, 2.75) is 51.1 Å². The van der Waals surface area contributed by atoms with Crippen LogP contribution in [0.3, 0.4) is 0 Å². The van der Waals surface area contributed by atoms with Gasteiger partial charge in [-0.1, -0.05) is 65.2 Å². The Labute approximate surface area is 245 Å². The van der Waals surface area contributed by atoms with E-state index in [0.717, 1.165) is 28.3 Å². The molecular formula is C30H36BrN3O5S. The topological polar surface area (TPSA) is 96.0 Å². The second-order valence-electron chi connectivity index (χ2n) is 9.50. The molecule has 0 aliphatic carbocycles. The number of carbonyl (C=O) groups excluding carboxylic acids is 2. The lowest BCUT2D eigenvalue weighted by atomic mass is 10.1. The average Bonchev–Trinajstić information content (AvgIpc) is 2.94. The number of benzene rings is 3. The molecule has 3 rings (SSSR count). The van der Waals surface area contributed by atoms with Crippen molar-refractivity contribution in [3.63, 3.8) is 0 Å². The van der Waals surface area contributed by atoms with Crippen molar-refractivity contribution in [3.8, 4) is 5.75 Å². The highest BCUT2D eigenvalue weighted by Crippen LogP contribution is 2.27. The Morgan fingerprint density at radius 1 is 1.02 bits per heavy atom. The van der Waals surface area contributed by atoms with E-state index in [9.17, 15) is 18.0 Å². The van der Waals surface area contributed by atoms with Gasteiger partial charge in [0, 0.05) is 17.6 Å². The van der Waals surface area contributed by atoms with E-state index in [2.05, 4.69) is 21.2 Å². The number of hydrogen-bond acceptors (Lipinski definition) is 5. The van der Waals surface area contributed by atoms with Gasteiger partial charge in [0.2, 0.25) is 11.8 Å². The minimum absolute atomic E-state index is 0.0654. The Balaban J connectivity index is 2.01. The number of halogens is 1. The Morgan fingerprint density at radius 2 is 1.73 bits per heavy atom. The third kappa shape index (κ3) is 8.08. The van der Waals surface area contributed by atoms with Crippen LogP contribution in [0.5, 0.6) is 5.75 Å². The highest BCUT2D eigenvalue weighted by Gasteiger charge is 2.32. The van der Waals surface area contributed by atoms with Crippen molar-refractivity contribution in [2.24, 2.45) is 0 Å². The fraction of sp³-hybridized carbons (Fsp3) is 0.333. The monoisotopic (exact) mass is 629 g/mol. The van der Waals surface area contributed by atoms with Gasteiger partial charge in [0.25, 0.3) is 10.0 Å². The summed E-state index contributed by atoms with van der Waals surface area (Å²) in [6.45, 7) is 5.64. The SMILES string of the molecule is CCCCNC(=O)[C@@H](C)N(Cc1cccc(OC)c1)C(=O)CN(c1cccc(Br)c1)S(=O)(=O)c1ccc(C)cc1. The number of sulfonamides is 1. The molecule has 0 aromatic heterocycles. The van der Waals surface area contributed by atoms with Gasteiger partial charge in [0.05, 0.1) is 17.7 Å². The second kappa shape index (κ2) is 14.3. The van der Waals surface area contributed by atoms with Crippen LogP contribution >= 0.6 is 15.9 Å². The lowest BCUT2D eigenvalue weighted by Crippen LogP contribution is -2.51. The summed E-state index contributed by atoms with van der Waals surface area (Å²) in [7, 11) is -2.57. The van der Waals surface area contributed by atoms with Gasteiger partial charge in [0.1, 0.15) is 18.3 Å². The first kappa shape index (κ1) is 31.2. The Morgan fingerprint density at radius 3 is 2.38 bits per heavy atom. The molecule has 0 unspecified atom stereocenters. The molecule has 3 aromatic carbocycles. The van der Waals surface area contributed by atoms with Gasteiger partial charge < -0.3 is 15.0 Å². The van der Waals surface area contributed by atoms with Gasteiger partial charge in [-0.25, -0.2) is 8.42 Å². The standard InChI is InChI=1S/C30H36BrN3O5S/c1-5-6-17-32-30(36)23(3)33(20-24-9-7-12-27(18-24)39-4)29(35)21-34(26-11-8-10-25(31)19-26)40(37,38)28-15-13-22(2)14-16-28/h7-16,18-19,23H,5-6,17,20-21H2,1-4H3,(H,32,36)/t23-/m1/s1. The van der Waals surface area contributed by atoms with Crippen molar-refractivity contribution < 1.29 is 22.7 Å². The third-order valence-electron chi connectivity index (χ3n) is 6.47. The molecule has 0 radical (unpaired) electrons. The maximum atomic E-state index is 14.0. The molecule has 0 aliphatic heterocycles. The smallest absolute Gasteiger partial charge is 0.264 e. The molecule has 8 nitrogen and oxygen atoms in total. The summed E-state index contributed by atoms with van der Waals surface area (Å²) in [5, 5.41) is 2.89. The van der Waals surface area contributed by atoms with Crippen molar-refractivity contribution in [3.05, 3.63) is 88.4 Å². The number of aryl methyl sites for hydroxylation is 1. The van der Waals surface area contributed by atoms with Crippen LogP contribution < -0.4 is 14.4 Å². The van der Waals surface area contributed by atoms with Gasteiger partial charge in [-0.3, -0.25) is 13.9 Å². The number of amides is 2. The number of methoxy groups -OCH3 is 1. The normalized spacial score (nSPS) is 11.9. The lowest BCUT2D eigenvalue weighted by Gasteiger charge is -2.32. The summed E-state index contributed by atoms with van der Waals surface area (Å²) in [6.07, 6.45) is 1.73. The summed E-state index contributed by atoms with van der Waals surface area (Å²) in [5.74, 6) is -0.209. The number of nitrogens with zero attached hydrogens (tertiary/aromatic N) is 2. The van der Waals surface area contributed by atoms with Crippen molar-refractivity contribution >= 4 is 43.5 Å². The number of nitrogens with one attached hydrogen (secondary N) is 1. The van der Waals surface area contributed by atoms with Crippen molar-refractivity contribution in [1.82, 2.24) is 10.2 Å². The molecular weight excluding hydrogens is 594 g/mol. The predicted molar refractivity (Wildman–Crippen MR) is 161 cm³/mol. The van der Waals surface area contributed by atoms with Crippen molar-refractivity contribution in [2.75, 3.05) is 24.5 Å². The predicted octanol–water partition coefficient (Wildman–Crippen LogP) is 5.30. The molecule has 2 amide bonds. The number of hydrogen-bond donors (Lipinski definition) is 1. The third-order valence-corrected chi connectivity index (χ3v) is 8.75. The summed E-state index contributed by atoms with van der Waals surface area (Å²) in [5.41, 5.74) is 1.98. The molecule has 0 bridgehead atoms. The summed E-state index contributed by atoms with van der Waals surface area (Å²) in [6, 6.07) is 19.6. The maximum Gasteiger partial charge on any atom is 0.264 e. The van der Waals surface area contributed by atoms with E-state index in [-0.39, 0.29) is 17.3 Å². The molecule has 214 valence electrons. The lowest BCUT2D eigenvalue weighted by molar-refractivity contribution is -0.139. The average molecular weight is 631 g/mol. The first-order valence-corrected chi connectivity index (χ1v) is 15.3. The first-order valence-electron chi connectivity index (χ1n) is 13.1. The number of ether oxygens (including phenoxy) is 1. The molecule has 1 N–H and O–H groups in total. The highest BCUT2D eigenvalue weighted by atomic mass is 79.9. The van der Waals surface area contributed by atoms with Crippen LogP contribution in [0.1, 0.15) is 37.8 Å². The summed E-state index contributed by atoms with van der Waals surface area (Å²) >= 11 is 3.41. The van der Waals surface area contributed by atoms with Gasteiger partial charge in [0.15, 0.2) is 0 Å². The van der Waals surface area contributed by atoms with Gasteiger partial charge >= 0.3 is 0 Å². The van der Waals surface area contributed by atoms with E-state index in [1.807, 2.05) is 19.9 Å². The second-order valence-corrected chi connectivity index (χ2v) is 12.3. The van der Waals surface area contributed by atoms with E-state index in [1.165, 1.54) is 17.0 Å². The molecule has 0 saturated heterocycles. The van der Waals surface area contributed by atoms with Gasteiger partial charge in [-0.15, -0.1) is 0 Å². The highest BCUT2D eigenvalue weighted by molar-refractivity contribution is 9.10. The van der Waals surface area contributed by atoms with Crippen LogP contribution in [0.4, 0.5) is 5.69 Å². The zero-order valence-electron chi connectivity index (χ0n) is 23.3. The Bertz CT molecular complexity index is 1410. The zero-order valence-corrected chi connectivity index (χ0v) is 25.7. The molecule has 10 heteroatoms. The molecule has 0 spiro atoms. The number of unbranched alkanes of at least 4 members (excludes halogenated alkanes) is 1. The van der Waals surface area contributed by atoms with Crippen LogP contribution in [0, 0.1) is 6.92 Å². The van der Waals surface area contributed by atoms with Crippen LogP contribution in [-0.4, -0.2) is 51.4 Å². The number of anilines is 1. The summed E-state index contributed by atoms with van der Waals surface area (Å²) in [4.78, 5) is 28.5. The van der Waals surface area contributed by atoms with Crippen molar-refractivity contribution in [1.29, 1.82) is 0 Å². The van der Waals surface area contributed by atoms with E-state index in [0.29, 0.717) is 22.5 Å². The number of rotatable bonds is 13. The Kier molecular flexibility index (Phi) is 11.2. The van der Waals surface area contributed by atoms with Crippen LogP contribution in [0.2, 0.25) is 0 Å². The minimum atomic E-state index is -4.12. The van der Waals surface area contributed by atoms with Crippen LogP contribution in [-0.2, 0) is 26.2 Å². The molecule has 40 heavy (non-hydrogen) atoms. The molecule has 1 atom stereocenters. The molecule has 0 aliphatic rings. The van der Waals surface area contributed by atoms with E-state index < -0.39 is 28.5 Å². The van der Waals surface area contributed by atoms with Gasteiger partial charge in [-0.2, -0.15) is 0 Å². The summed E-state index contributed by atoms with van der Waals surface area (Å²) < 4.78 is 34.8. The minimum Gasteiger partial charge on any atom is -0.497 e. The van der Waals surface area contributed by atoms with Gasteiger partial charge in [-0.05, 0) is 68.3 Å². The fourth-order valence-electron chi connectivity index (χ4n) is 4.08. The van der Waals surface area contributed by atoms with E-state index in [1.54, 1.807) is 68.6 Å².